The van der Waals surface area contributed by atoms with E-state index < -0.39 is 6.04 Å². The maximum absolute atomic E-state index is 12.7. The Labute approximate surface area is 133 Å². The summed E-state index contributed by atoms with van der Waals surface area (Å²) in [4.78, 5) is 27.7. The van der Waals surface area contributed by atoms with Gasteiger partial charge in [0.05, 0.1) is 13.7 Å². The van der Waals surface area contributed by atoms with Gasteiger partial charge in [-0.2, -0.15) is 0 Å². The Morgan fingerprint density at radius 2 is 2.04 bits per heavy atom. The maximum atomic E-state index is 12.7. The molecule has 0 radical (unpaired) electrons. The molecule has 3 rings (SSSR count). The van der Waals surface area contributed by atoms with Crippen molar-refractivity contribution in [1.29, 1.82) is 0 Å². The molecule has 1 aliphatic heterocycles. The minimum atomic E-state index is -0.658. The van der Waals surface area contributed by atoms with E-state index in [2.05, 4.69) is 10.3 Å². The number of urea groups is 1. The lowest BCUT2D eigenvalue weighted by molar-refractivity contribution is -0.128. The van der Waals surface area contributed by atoms with Gasteiger partial charge >= 0.3 is 6.03 Å². The first kappa shape index (κ1) is 15.0. The van der Waals surface area contributed by atoms with Crippen LogP contribution in [0.15, 0.2) is 30.5 Å². The fourth-order valence-corrected chi connectivity index (χ4v) is 2.66. The van der Waals surface area contributed by atoms with Crippen molar-refractivity contribution < 1.29 is 14.3 Å². The van der Waals surface area contributed by atoms with E-state index in [4.69, 9.17) is 4.74 Å². The van der Waals surface area contributed by atoms with Crippen molar-refractivity contribution in [2.24, 2.45) is 7.05 Å². The number of aromatic nitrogens is 3. The van der Waals surface area contributed by atoms with Gasteiger partial charge in [-0.25, -0.2) is 4.79 Å². The molecule has 1 saturated heterocycles. The number of likely N-dealkylation sites (N-methyl/N-ethyl adjacent to an activating group) is 1. The Kier molecular flexibility index (Phi) is 3.73. The van der Waals surface area contributed by atoms with E-state index in [9.17, 15) is 9.59 Å². The van der Waals surface area contributed by atoms with Crippen molar-refractivity contribution >= 4 is 11.9 Å². The third-order valence-corrected chi connectivity index (χ3v) is 3.80. The van der Waals surface area contributed by atoms with Crippen LogP contribution in [0.3, 0.4) is 0 Å². The standard InChI is InChI=1S/C15H17N5O3/c1-18-8-11(16-17-18)9-20-14(21)13(19(2)15(20)22)10-5-4-6-12(7-10)23-3/h4-8,13H,9H2,1-3H3/t13-/m1/s1. The van der Waals surface area contributed by atoms with Crippen LogP contribution < -0.4 is 4.74 Å². The third-order valence-electron chi connectivity index (χ3n) is 3.80. The van der Waals surface area contributed by atoms with Gasteiger partial charge in [0.15, 0.2) is 0 Å². The van der Waals surface area contributed by atoms with Crippen LogP contribution >= 0.6 is 0 Å². The van der Waals surface area contributed by atoms with E-state index in [0.29, 0.717) is 17.0 Å². The molecule has 1 fully saturated rings. The molecule has 8 heteroatoms. The number of nitrogens with zero attached hydrogens (tertiary/aromatic N) is 5. The van der Waals surface area contributed by atoms with Gasteiger partial charge in [-0.3, -0.25) is 14.4 Å². The molecule has 2 aromatic rings. The summed E-state index contributed by atoms with van der Waals surface area (Å²) in [7, 11) is 4.90. The highest BCUT2D eigenvalue weighted by molar-refractivity contribution is 6.04. The van der Waals surface area contributed by atoms with Gasteiger partial charge in [-0.1, -0.05) is 17.3 Å². The summed E-state index contributed by atoms with van der Waals surface area (Å²) in [5.41, 5.74) is 1.28. The van der Waals surface area contributed by atoms with E-state index in [1.165, 1.54) is 14.5 Å². The fraction of sp³-hybridized carbons (Fsp3) is 0.333. The lowest BCUT2D eigenvalue weighted by atomic mass is 10.1. The highest BCUT2D eigenvalue weighted by Gasteiger charge is 2.44. The molecule has 2 heterocycles. The second kappa shape index (κ2) is 5.71. The molecule has 0 spiro atoms. The third kappa shape index (κ3) is 2.63. The van der Waals surface area contributed by atoms with E-state index in [-0.39, 0.29) is 18.5 Å². The summed E-state index contributed by atoms with van der Waals surface area (Å²) in [6.45, 7) is 0.107. The highest BCUT2D eigenvalue weighted by atomic mass is 16.5. The number of benzene rings is 1. The second-order valence-electron chi connectivity index (χ2n) is 5.38. The SMILES string of the molecule is COc1cccc([C@@H]2C(=O)N(Cc3cn(C)nn3)C(=O)N2C)c1. The van der Waals surface area contributed by atoms with Crippen LogP contribution in [0.5, 0.6) is 5.75 Å². The van der Waals surface area contributed by atoms with Gasteiger partial charge < -0.3 is 9.64 Å². The molecule has 1 aliphatic rings. The molecule has 0 N–H and O–H groups in total. The monoisotopic (exact) mass is 315 g/mol. The van der Waals surface area contributed by atoms with Crippen LogP contribution in [0.2, 0.25) is 0 Å². The lowest BCUT2D eigenvalue weighted by Gasteiger charge is -2.16. The second-order valence-corrected chi connectivity index (χ2v) is 5.38. The minimum absolute atomic E-state index is 0.107. The van der Waals surface area contributed by atoms with Crippen LogP contribution in [0.1, 0.15) is 17.3 Å². The van der Waals surface area contributed by atoms with Gasteiger partial charge in [0.1, 0.15) is 17.5 Å². The average Bonchev–Trinajstić information content (AvgIpc) is 3.05. The van der Waals surface area contributed by atoms with E-state index >= 15 is 0 Å². The first-order valence-electron chi connectivity index (χ1n) is 7.08. The minimum Gasteiger partial charge on any atom is -0.497 e. The number of hydrogen-bond donors (Lipinski definition) is 0. The largest absolute Gasteiger partial charge is 0.497 e. The molecule has 0 unspecified atom stereocenters. The predicted octanol–water partition coefficient (Wildman–Crippen LogP) is 0.959. The van der Waals surface area contributed by atoms with Crippen LogP contribution in [0, 0.1) is 0 Å². The van der Waals surface area contributed by atoms with Gasteiger partial charge in [-0.05, 0) is 17.7 Å². The molecule has 3 amide bonds. The van der Waals surface area contributed by atoms with E-state index in [0.717, 1.165) is 0 Å². The van der Waals surface area contributed by atoms with Crippen molar-refractivity contribution in [3.05, 3.63) is 41.7 Å². The van der Waals surface area contributed by atoms with Crippen molar-refractivity contribution in [3.63, 3.8) is 0 Å². The number of hydrogen-bond acceptors (Lipinski definition) is 5. The molecule has 1 atom stereocenters. The number of carbonyl (C=O) groups is 2. The molecule has 23 heavy (non-hydrogen) atoms. The van der Waals surface area contributed by atoms with Crippen molar-refractivity contribution in [2.75, 3.05) is 14.2 Å². The molecule has 8 nitrogen and oxygen atoms in total. The topological polar surface area (TPSA) is 80.6 Å². The number of methoxy groups -OCH3 is 1. The summed E-state index contributed by atoms with van der Waals surface area (Å²) in [6.07, 6.45) is 1.68. The maximum Gasteiger partial charge on any atom is 0.327 e. The van der Waals surface area contributed by atoms with Gasteiger partial charge in [0.2, 0.25) is 0 Å². The van der Waals surface area contributed by atoms with Crippen molar-refractivity contribution in [1.82, 2.24) is 24.8 Å². The fourth-order valence-electron chi connectivity index (χ4n) is 2.66. The quantitative estimate of drug-likeness (QED) is 0.785. The zero-order chi connectivity index (χ0) is 16.6. The molecule has 0 bridgehead atoms. The number of imide groups is 1. The highest BCUT2D eigenvalue weighted by Crippen LogP contribution is 2.31. The Morgan fingerprint density at radius 3 is 2.70 bits per heavy atom. The normalized spacial score (nSPS) is 18.0. The number of amides is 3. The van der Waals surface area contributed by atoms with Crippen molar-refractivity contribution in [3.8, 4) is 5.75 Å². The molecular weight excluding hydrogens is 298 g/mol. The molecule has 1 aromatic heterocycles. The summed E-state index contributed by atoms with van der Waals surface area (Å²) in [5.74, 6) is 0.361. The zero-order valence-electron chi connectivity index (χ0n) is 13.1. The van der Waals surface area contributed by atoms with E-state index in [1.807, 2.05) is 0 Å². The Balaban J connectivity index is 1.88. The molecule has 0 saturated carbocycles. The van der Waals surface area contributed by atoms with Crippen LogP contribution in [0.25, 0.3) is 0 Å². The van der Waals surface area contributed by atoms with Crippen molar-refractivity contribution in [2.45, 2.75) is 12.6 Å². The smallest absolute Gasteiger partial charge is 0.327 e. The average molecular weight is 315 g/mol. The Morgan fingerprint density at radius 1 is 1.26 bits per heavy atom. The van der Waals surface area contributed by atoms with E-state index in [1.54, 1.807) is 51.7 Å². The van der Waals surface area contributed by atoms with Gasteiger partial charge in [-0.15, -0.1) is 5.10 Å². The summed E-state index contributed by atoms with van der Waals surface area (Å²) >= 11 is 0. The first-order valence-corrected chi connectivity index (χ1v) is 7.08. The molecule has 120 valence electrons. The predicted molar refractivity (Wildman–Crippen MR) is 80.4 cm³/mol. The molecule has 0 aliphatic carbocycles. The zero-order valence-corrected chi connectivity index (χ0v) is 13.1. The number of aryl methyl sites for hydroxylation is 1. The Hall–Kier alpha value is -2.90. The first-order chi connectivity index (χ1) is 11.0. The van der Waals surface area contributed by atoms with Crippen LogP contribution in [-0.4, -0.2) is 50.9 Å². The number of ether oxygens (including phenoxy) is 1. The van der Waals surface area contributed by atoms with Crippen LogP contribution in [0.4, 0.5) is 4.79 Å². The number of rotatable bonds is 4. The molecular formula is C15H17N5O3. The summed E-state index contributed by atoms with van der Waals surface area (Å²) in [5, 5.41) is 7.74. The van der Waals surface area contributed by atoms with Gasteiger partial charge in [0, 0.05) is 20.3 Å². The molecule has 1 aromatic carbocycles. The Bertz CT molecular complexity index is 757. The van der Waals surface area contributed by atoms with Gasteiger partial charge in [0.25, 0.3) is 5.91 Å². The lowest BCUT2D eigenvalue weighted by Crippen LogP contribution is -2.31. The number of carbonyl (C=O) groups excluding carboxylic acids is 2. The summed E-state index contributed by atoms with van der Waals surface area (Å²) < 4.78 is 6.72. The van der Waals surface area contributed by atoms with Crippen LogP contribution in [-0.2, 0) is 18.4 Å². The summed E-state index contributed by atoms with van der Waals surface area (Å²) in [6, 6.07) is 6.15.